The van der Waals surface area contributed by atoms with Gasteiger partial charge in [0.2, 0.25) is 0 Å². The quantitative estimate of drug-likeness (QED) is 0.479. The van der Waals surface area contributed by atoms with E-state index in [1.54, 1.807) is 0 Å². The van der Waals surface area contributed by atoms with Crippen LogP contribution in [0.25, 0.3) is 0 Å². The molecule has 0 saturated heterocycles. The summed E-state index contributed by atoms with van der Waals surface area (Å²) in [5, 5.41) is 0. The fraction of sp³-hybridized carbons (Fsp3) is 0.429. The van der Waals surface area contributed by atoms with Gasteiger partial charge in [0.25, 0.3) is 0 Å². The Kier molecular flexibility index (Phi) is 1.92. The number of aromatic nitrogens is 3. The van der Waals surface area contributed by atoms with Crippen molar-refractivity contribution in [2.24, 2.45) is 14.1 Å². The molecule has 1 aromatic rings. The Morgan fingerprint density at radius 1 is 1.33 bits per heavy atom. The van der Waals surface area contributed by atoms with Crippen LogP contribution in [0.2, 0.25) is 0 Å². The first-order valence-electron chi connectivity index (χ1n) is 3.36. The summed E-state index contributed by atoms with van der Waals surface area (Å²) in [6.07, 6.45) is 5.02. The molecule has 0 atom stereocenters. The van der Waals surface area contributed by atoms with Gasteiger partial charge in [-0.1, -0.05) is 5.92 Å². The maximum Gasteiger partial charge on any atom is 0.347 e. The van der Waals surface area contributed by atoms with E-state index in [4.69, 9.17) is 6.42 Å². The summed E-state index contributed by atoms with van der Waals surface area (Å²) in [7, 11) is 2.92. The molecule has 12 heavy (non-hydrogen) atoms. The molecule has 0 amide bonds. The third kappa shape index (κ3) is 0.975. The van der Waals surface area contributed by atoms with Gasteiger partial charge >= 0.3 is 11.4 Å². The van der Waals surface area contributed by atoms with E-state index in [0.29, 0.717) is 0 Å². The molecule has 64 valence electrons. The van der Waals surface area contributed by atoms with Gasteiger partial charge in [-0.05, 0) is 0 Å². The molecule has 1 rings (SSSR count). The molecule has 5 heteroatoms. The predicted octanol–water partition coefficient (Wildman–Crippen LogP) is -1.48. The van der Waals surface area contributed by atoms with Crippen LogP contribution in [0.4, 0.5) is 0 Å². The van der Waals surface area contributed by atoms with Gasteiger partial charge in [0, 0.05) is 14.1 Å². The minimum absolute atomic E-state index is 0.116. The van der Waals surface area contributed by atoms with E-state index in [0.717, 1.165) is 4.57 Å². The molecule has 1 heterocycles. The average Bonchev–Trinajstić information content (AvgIpc) is 2.23. The lowest BCUT2D eigenvalue weighted by atomic mass is 10.7. The van der Waals surface area contributed by atoms with Crippen molar-refractivity contribution in [3.05, 3.63) is 21.0 Å². The third-order valence-electron chi connectivity index (χ3n) is 1.67. The summed E-state index contributed by atoms with van der Waals surface area (Å²) in [4.78, 5) is 22.3. The minimum atomic E-state index is -0.388. The summed E-state index contributed by atoms with van der Waals surface area (Å²) in [6, 6.07) is 0. The van der Waals surface area contributed by atoms with Crippen molar-refractivity contribution in [1.82, 2.24) is 13.9 Å². The van der Waals surface area contributed by atoms with E-state index in [1.807, 2.05) is 0 Å². The summed E-state index contributed by atoms with van der Waals surface area (Å²) >= 11 is 0. The van der Waals surface area contributed by atoms with Crippen molar-refractivity contribution in [2.75, 3.05) is 0 Å². The van der Waals surface area contributed by atoms with Gasteiger partial charge in [0.05, 0.1) is 0 Å². The van der Waals surface area contributed by atoms with E-state index in [9.17, 15) is 9.59 Å². The average molecular weight is 167 g/mol. The molecule has 0 aliphatic carbocycles. The highest BCUT2D eigenvalue weighted by Crippen LogP contribution is 1.73. The number of nitrogens with zero attached hydrogens (tertiary/aromatic N) is 3. The molecule has 0 bridgehead atoms. The van der Waals surface area contributed by atoms with Crippen molar-refractivity contribution in [1.29, 1.82) is 0 Å². The van der Waals surface area contributed by atoms with E-state index in [-0.39, 0.29) is 17.9 Å². The molecular formula is C7H9N3O2. The lowest BCUT2D eigenvalue weighted by Gasteiger charge is -1.96. The van der Waals surface area contributed by atoms with Crippen molar-refractivity contribution < 1.29 is 0 Å². The van der Waals surface area contributed by atoms with Crippen LogP contribution in [0, 0.1) is 12.3 Å². The first kappa shape index (κ1) is 8.40. The van der Waals surface area contributed by atoms with E-state index < -0.39 is 0 Å². The van der Waals surface area contributed by atoms with Gasteiger partial charge in [-0.15, -0.1) is 6.42 Å². The lowest BCUT2D eigenvalue weighted by Crippen LogP contribution is -2.25. The Labute approximate surface area is 68.8 Å². The van der Waals surface area contributed by atoms with Crippen LogP contribution in [0.1, 0.15) is 0 Å². The van der Waals surface area contributed by atoms with Crippen molar-refractivity contribution in [3.8, 4) is 12.3 Å². The number of hydrogen-bond acceptors (Lipinski definition) is 2. The first-order valence-corrected chi connectivity index (χ1v) is 3.36. The van der Waals surface area contributed by atoms with Crippen LogP contribution >= 0.6 is 0 Å². The Balaban J connectivity index is 3.52. The summed E-state index contributed by atoms with van der Waals surface area (Å²) < 4.78 is 3.40. The van der Waals surface area contributed by atoms with Crippen LogP contribution in [0.15, 0.2) is 9.59 Å². The zero-order chi connectivity index (χ0) is 9.30. The van der Waals surface area contributed by atoms with Crippen LogP contribution in [-0.2, 0) is 20.6 Å². The van der Waals surface area contributed by atoms with Crippen molar-refractivity contribution >= 4 is 0 Å². The fourth-order valence-electron chi connectivity index (χ4n) is 0.964. The summed E-state index contributed by atoms with van der Waals surface area (Å²) in [5.74, 6) is 2.30. The van der Waals surface area contributed by atoms with Crippen LogP contribution < -0.4 is 11.4 Å². The van der Waals surface area contributed by atoms with Gasteiger partial charge in [-0.2, -0.15) is 0 Å². The first-order chi connectivity index (χ1) is 5.59. The highest BCUT2D eigenvalue weighted by molar-refractivity contribution is 4.85. The molecule has 0 N–H and O–H groups in total. The Morgan fingerprint density at radius 2 is 1.92 bits per heavy atom. The normalized spacial score (nSPS) is 9.75. The second-order valence-electron chi connectivity index (χ2n) is 2.41. The Bertz CT molecular complexity index is 441. The van der Waals surface area contributed by atoms with E-state index in [1.165, 1.54) is 23.5 Å². The molecule has 0 aromatic carbocycles. The smallest absolute Gasteiger partial charge is 0.246 e. The SMILES string of the molecule is C#CCn1c(=O)n(C)c(=O)n1C. The molecule has 0 radical (unpaired) electrons. The van der Waals surface area contributed by atoms with Crippen LogP contribution in [-0.4, -0.2) is 13.9 Å². The number of terminal acetylenes is 1. The Morgan fingerprint density at radius 3 is 2.25 bits per heavy atom. The van der Waals surface area contributed by atoms with Gasteiger partial charge < -0.3 is 0 Å². The maximum absolute atomic E-state index is 11.2. The maximum atomic E-state index is 11.2. The van der Waals surface area contributed by atoms with E-state index >= 15 is 0 Å². The zero-order valence-corrected chi connectivity index (χ0v) is 6.94. The van der Waals surface area contributed by atoms with Gasteiger partial charge in [-0.3, -0.25) is 0 Å². The fourth-order valence-corrected chi connectivity index (χ4v) is 0.964. The summed E-state index contributed by atoms with van der Waals surface area (Å²) in [5.41, 5.74) is -0.754. The lowest BCUT2D eigenvalue weighted by molar-refractivity contribution is 0.538. The monoisotopic (exact) mass is 167 g/mol. The molecular weight excluding hydrogens is 158 g/mol. The van der Waals surface area contributed by atoms with Crippen molar-refractivity contribution in [2.45, 2.75) is 6.54 Å². The second-order valence-corrected chi connectivity index (χ2v) is 2.41. The van der Waals surface area contributed by atoms with Gasteiger partial charge in [0.15, 0.2) is 0 Å². The molecule has 0 aliphatic rings. The summed E-state index contributed by atoms with van der Waals surface area (Å²) in [6.45, 7) is 0.116. The predicted molar refractivity (Wildman–Crippen MR) is 43.7 cm³/mol. The molecule has 5 nitrogen and oxygen atoms in total. The molecule has 0 aliphatic heterocycles. The van der Waals surface area contributed by atoms with Crippen LogP contribution in [0.3, 0.4) is 0 Å². The highest BCUT2D eigenvalue weighted by atomic mass is 16.2. The third-order valence-corrected chi connectivity index (χ3v) is 1.67. The number of hydrogen-bond donors (Lipinski definition) is 0. The largest absolute Gasteiger partial charge is 0.347 e. The van der Waals surface area contributed by atoms with Gasteiger partial charge in [-0.25, -0.2) is 23.5 Å². The van der Waals surface area contributed by atoms with Crippen molar-refractivity contribution in [3.63, 3.8) is 0 Å². The number of rotatable bonds is 1. The molecule has 0 unspecified atom stereocenters. The molecule has 0 saturated carbocycles. The molecule has 0 fully saturated rings. The molecule has 1 aromatic heterocycles. The second kappa shape index (κ2) is 2.74. The standard InChI is InChI=1S/C7H9N3O2/c1-4-5-10-7(12)8(2)6(11)9(10)3/h1H,5H2,2-3H3. The van der Waals surface area contributed by atoms with Crippen LogP contribution in [0.5, 0.6) is 0 Å². The van der Waals surface area contributed by atoms with Gasteiger partial charge in [0.1, 0.15) is 6.54 Å². The molecule has 0 spiro atoms. The Hall–Kier alpha value is -1.70. The topological polar surface area (TPSA) is 48.9 Å². The minimum Gasteiger partial charge on any atom is -0.246 e. The van der Waals surface area contributed by atoms with E-state index in [2.05, 4.69) is 5.92 Å². The highest BCUT2D eigenvalue weighted by Gasteiger charge is 2.07. The zero-order valence-electron chi connectivity index (χ0n) is 6.94.